The quantitative estimate of drug-likeness (QED) is 0.625. The van der Waals surface area contributed by atoms with Gasteiger partial charge in [-0.1, -0.05) is 0 Å². The highest BCUT2D eigenvalue weighted by atomic mass is 19.1. The highest BCUT2D eigenvalue weighted by molar-refractivity contribution is 5.94. The molecule has 0 aromatic heterocycles. The molecule has 1 aromatic carbocycles. The van der Waals surface area contributed by atoms with Crippen molar-refractivity contribution in [3.63, 3.8) is 0 Å². The number of carbonyl (C=O) groups excluding carboxylic acids is 1. The van der Waals surface area contributed by atoms with Crippen LogP contribution >= 0.6 is 0 Å². The van der Waals surface area contributed by atoms with Gasteiger partial charge in [-0.15, -0.1) is 0 Å². The Morgan fingerprint density at radius 1 is 1.29 bits per heavy atom. The second kappa shape index (κ2) is 3.52. The van der Waals surface area contributed by atoms with Gasteiger partial charge in [-0.2, -0.15) is 0 Å². The molecule has 0 unspecified atom stereocenters. The SMILES string of the molecule is CC(=O)c1cc(F)c2c(c1)CCCC2. The number of hydrogen-bond acceptors (Lipinski definition) is 1. The van der Waals surface area contributed by atoms with Gasteiger partial charge in [-0.25, -0.2) is 4.39 Å². The fourth-order valence-corrected chi connectivity index (χ4v) is 2.02. The minimum Gasteiger partial charge on any atom is -0.295 e. The molecule has 0 saturated heterocycles. The van der Waals surface area contributed by atoms with Gasteiger partial charge in [0.05, 0.1) is 0 Å². The first kappa shape index (κ1) is 9.38. The number of ketones is 1. The van der Waals surface area contributed by atoms with Crippen LogP contribution in [0.4, 0.5) is 4.39 Å². The van der Waals surface area contributed by atoms with Crippen molar-refractivity contribution in [3.8, 4) is 0 Å². The third-order valence-electron chi connectivity index (χ3n) is 2.82. The Balaban J connectivity index is 2.51. The lowest BCUT2D eigenvalue weighted by Gasteiger charge is -2.16. The Hall–Kier alpha value is -1.18. The summed E-state index contributed by atoms with van der Waals surface area (Å²) < 4.78 is 13.5. The smallest absolute Gasteiger partial charge is 0.159 e. The van der Waals surface area contributed by atoms with Crippen LogP contribution in [0.15, 0.2) is 12.1 Å². The number of benzene rings is 1. The van der Waals surface area contributed by atoms with Gasteiger partial charge in [0.15, 0.2) is 5.78 Å². The normalized spacial score (nSPS) is 15.0. The third-order valence-corrected chi connectivity index (χ3v) is 2.82. The topological polar surface area (TPSA) is 17.1 Å². The fourth-order valence-electron chi connectivity index (χ4n) is 2.02. The van der Waals surface area contributed by atoms with Crippen LogP contribution in [0.1, 0.15) is 41.3 Å². The van der Waals surface area contributed by atoms with Crippen molar-refractivity contribution in [1.82, 2.24) is 0 Å². The van der Waals surface area contributed by atoms with E-state index in [1.165, 1.54) is 13.0 Å². The van der Waals surface area contributed by atoms with Gasteiger partial charge in [-0.05, 0) is 55.9 Å². The molecule has 0 saturated carbocycles. The van der Waals surface area contributed by atoms with Gasteiger partial charge in [0, 0.05) is 5.56 Å². The molecule has 2 heteroatoms. The van der Waals surface area contributed by atoms with E-state index in [9.17, 15) is 9.18 Å². The molecular formula is C12H13FO. The summed E-state index contributed by atoms with van der Waals surface area (Å²) in [6.45, 7) is 1.48. The number of aryl methyl sites for hydroxylation is 1. The van der Waals surface area contributed by atoms with E-state index >= 15 is 0 Å². The van der Waals surface area contributed by atoms with E-state index in [1.54, 1.807) is 0 Å². The summed E-state index contributed by atoms with van der Waals surface area (Å²) >= 11 is 0. The molecule has 0 radical (unpaired) electrons. The lowest BCUT2D eigenvalue weighted by Crippen LogP contribution is -2.07. The zero-order valence-electron chi connectivity index (χ0n) is 8.27. The van der Waals surface area contributed by atoms with Crippen molar-refractivity contribution in [2.45, 2.75) is 32.6 Å². The lowest BCUT2D eigenvalue weighted by atomic mass is 9.89. The number of Topliss-reactive ketones (excluding diaryl/α,β-unsaturated/α-hetero) is 1. The van der Waals surface area contributed by atoms with E-state index in [0.717, 1.165) is 36.8 Å². The minimum atomic E-state index is -0.201. The molecule has 2 rings (SSSR count). The van der Waals surface area contributed by atoms with Gasteiger partial charge >= 0.3 is 0 Å². The first-order valence-electron chi connectivity index (χ1n) is 5.00. The van der Waals surface area contributed by atoms with E-state index in [-0.39, 0.29) is 11.6 Å². The molecule has 0 spiro atoms. The predicted molar refractivity (Wildman–Crippen MR) is 53.0 cm³/mol. The van der Waals surface area contributed by atoms with Crippen LogP contribution in [0.3, 0.4) is 0 Å². The third kappa shape index (κ3) is 1.57. The largest absolute Gasteiger partial charge is 0.295 e. The van der Waals surface area contributed by atoms with Gasteiger partial charge in [0.2, 0.25) is 0 Å². The van der Waals surface area contributed by atoms with E-state index in [0.29, 0.717) is 5.56 Å². The first-order chi connectivity index (χ1) is 6.68. The van der Waals surface area contributed by atoms with E-state index in [1.807, 2.05) is 6.07 Å². The molecule has 1 nitrogen and oxygen atoms in total. The van der Waals surface area contributed by atoms with Crippen LogP contribution in [0, 0.1) is 5.82 Å². The lowest BCUT2D eigenvalue weighted by molar-refractivity contribution is 0.101. The molecule has 74 valence electrons. The fraction of sp³-hybridized carbons (Fsp3) is 0.417. The molecule has 0 N–H and O–H groups in total. The van der Waals surface area contributed by atoms with Gasteiger partial charge in [0.1, 0.15) is 5.82 Å². The standard InChI is InChI=1S/C12H13FO/c1-8(14)10-6-9-4-2-3-5-11(9)12(13)7-10/h6-7H,2-5H2,1H3. The summed E-state index contributed by atoms with van der Waals surface area (Å²) in [5.41, 5.74) is 2.35. The van der Waals surface area contributed by atoms with E-state index in [4.69, 9.17) is 0 Å². The highest BCUT2D eigenvalue weighted by Gasteiger charge is 2.15. The highest BCUT2D eigenvalue weighted by Crippen LogP contribution is 2.25. The maximum absolute atomic E-state index is 13.5. The molecule has 0 amide bonds. The van der Waals surface area contributed by atoms with Crippen LogP contribution in [0.5, 0.6) is 0 Å². The molecule has 0 fully saturated rings. The van der Waals surface area contributed by atoms with Crippen LogP contribution in [-0.2, 0) is 12.8 Å². The molecule has 1 aliphatic rings. The number of rotatable bonds is 1. The van der Waals surface area contributed by atoms with Crippen molar-refractivity contribution in [3.05, 3.63) is 34.6 Å². The van der Waals surface area contributed by atoms with Gasteiger partial charge < -0.3 is 0 Å². The summed E-state index contributed by atoms with van der Waals surface area (Å²) in [6, 6.07) is 3.21. The summed E-state index contributed by atoms with van der Waals surface area (Å²) in [7, 11) is 0. The number of carbonyl (C=O) groups is 1. The maximum atomic E-state index is 13.5. The zero-order valence-corrected chi connectivity index (χ0v) is 8.27. The van der Waals surface area contributed by atoms with Crippen molar-refractivity contribution >= 4 is 5.78 Å². The maximum Gasteiger partial charge on any atom is 0.159 e. The van der Waals surface area contributed by atoms with Crippen molar-refractivity contribution in [2.24, 2.45) is 0 Å². The Bertz CT molecular complexity index is 382. The van der Waals surface area contributed by atoms with Crippen molar-refractivity contribution < 1.29 is 9.18 Å². The molecule has 0 bridgehead atoms. The number of fused-ring (bicyclic) bond motifs is 1. The monoisotopic (exact) mass is 192 g/mol. The van der Waals surface area contributed by atoms with Crippen LogP contribution in [0.25, 0.3) is 0 Å². The molecular weight excluding hydrogens is 179 g/mol. The first-order valence-corrected chi connectivity index (χ1v) is 5.00. The second-order valence-electron chi connectivity index (χ2n) is 3.86. The Morgan fingerprint density at radius 3 is 2.71 bits per heavy atom. The van der Waals surface area contributed by atoms with E-state index < -0.39 is 0 Å². The average Bonchev–Trinajstić information content (AvgIpc) is 2.17. The Kier molecular flexibility index (Phi) is 2.36. The number of halogens is 1. The molecule has 1 aliphatic carbocycles. The minimum absolute atomic E-state index is 0.0581. The van der Waals surface area contributed by atoms with Crippen LogP contribution in [-0.4, -0.2) is 5.78 Å². The zero-order chi connectivity index (χ0) is 10.1. The summed E-state index contributed by atoms with van der Waals surface area (Å²) in [4.78, 5) is 11.1. The van der Waals surface area contributed by atoms with E-state index in [2.05, 4.69) is 0 Å². The second-order valence-corrected chi connectivity index (χ2v) is 3.86. The average molecular weight is 192 g/mol. The van der Waals surface area contributed by atoms with Crippen LogP contribution in [0.2, 0.25) is 0 Å². The van der Waals surface area contributed by atoms with Crippen molar-refractivity contribution in [2.75, 3.05) is 0 Å². The molecule has 1 aromatic rings. The van der Waals surface area contributed by atoms with Crippen molar-refractivity contribution in [1.29, 1.82) is 0 Å². The molecule has 0 aliphatic heterocycles. The Labute approximate surface area is 82.9 Å². The molecule has 0 atom stereocenters. The van der Waals surface area contributed by atoms with Gasteiger partial charge in [0.25, 0.3) is 0 Å². The molecule has 14 heavy (non-hydrogen) atoms. The van der Waals surface area contributed by atoms with Gasteiger partial charge in [-0.3, -0.25) is 4.79 Å². The Morgan fingerprint density at radius 2 is 2.00 bits per heavy atom. The summed E-state index contributed by atoms with van der Waals surface area (Å²) in [5.74, 6) is -0.260. The predicted octanol–water partition coefficient (Wildman–Crippen LogP) is 2.91. The summed E-state index contributed by atoms with van der Waals surface area (Å²) in [5, 5.41) is 0. The van der Waals surface area contributed by atoms with Crippen LogP contribution < -0.4 is 0 Å². The molecule has 0 heterocycles. The summed E-state index contributed by atoms with van der Waals surface area (Å²) in [6.07, 6.45) is 3.89. The number of hydrogen-bond donors (Lipinski definition) is 0.